The standard InChI is InChI=1S/C19H22F3N3OS/c1-11-8-12(2)10-25(9-11)17(26)13(3)27-16-14-6-4-5-7-15(14)23-18(24-16)19(20,21)22/h4-7,11-13H,8-10H2,1-3H3/t11-,12+,13-/m1/s1. The first kappa shape index (κ1) is 19.9. The lowest BCUT2D eigenvalue weighted by atomic mass is 9.92. The van der Waals surface area contributed by atoms with Gasteiger partial charge >= 0.3 is 6.18 Å². The number of thioether (sulfide) groups is 1. The number of benzene rings is 1. The summed E-state index contributed by atoms with van der Waals surface area (Å²) in [6.07, 6.45) is -3.55. The Morgan fingerprint density at radius 3 is 2.44 bits per heavy atom. The molecular formula is C19H22F3N3OS. The minimum absolute atomic E-state index is 0.0605. The van der Waals surface area contributed by atoms with Crippen LogP contribution >= 0.6 is 11.8 Å². The highest BCUT2D eigenvalue weighted by molar-refractivity contribution is 8.00. The molecule has 3 atom stereocenters. The molecule has 0 aliphatic carbocycles. The van der Waals surface area contributed by atoms with E-state index in [1.807, 2.05) is 4.90 Å². The maximum Gasteiger partial charge on any atom is 0.451 e. The largest absolute Gasteiger partial charge is 0.451 e. The third-order valence-electron chi connectivity index (χ3n) is 4.64. The average Bonchev–Trinajstić information content (AvgIpc) is 2.59. The van der Waals surface area contributed by atoms with E-state index < -0.39 is 17.3 Å². The van der Waals surface area contributed by atoms with Gasteiger partial charge in [-0.2, -0.15) is 13.2 Å². The quantitative estimate of drug-likeness (QED) is 0.559. The number of para-hydroxylation sites is 1. The molecule has 8 heteroatoms. The molecule has 0 bridgehead atoms. The number of fused-ring (bicyclic) bond motifs is 1. The third kappa shape index (κ3) is 4.54. The van der Waals surface area contributed by atoms with E-state index in [2.05, 4.69) is 23.8 Å². The minimum Gasteiger partial charge on any atom is -0.341 e. The number of likely N-dealkylation sites (tertiary alicyclic amines) is 1. The number of rotatable bonds is 3. The van der Waals surface area contributed by atoms with Gasteiger partial charge in [0.05, 0.1) is 10.8 Å². The Morgan fingerprint density at radius 1 is 1.19 bits per heavy atom. The summed E-state index contributed by atoms with van der Waals surface area (Å²) in [7, 11) is 0. The van der Waals surface area contributed by atoms with Gasteiger partial charge in [0.25, 0.3) is 0 Å². The first-order valence-corrected chi connectivity index (χ1v) is 9.82. The molecule has 146 valence electrons. The lowest BCUT2D eigenvalue weighted by Gasteiger charge is -2.36. The highest BCUT2D eigenvalue weighted by Crippen LogP contribution is 2.34. The van der Waals surface area contributed by atoms with Crippen LogP contribution in [0.25, 0.3) is 10.9 Å². The topological polar surface area (TPSA) is 46.1 Å². The van der Waals surface area contributed by atoms with Crippen molar-refractivity contribution in [2.45, 2.75) is 43.6 Å². The van der Waals surface area contributed by atoms with Crippen LogP contribution in [-0.2, 0) is 11.0 Å². The van der Waals surface area contributed by atoms with Crippen LogP contribution in [0.5, 0.6) is 0 Å². The van der Waals surface area contributed by atoms with E-state index in [4.69, 9.17) is 0 Å². The van der Waals surface area contributed by atoms with Crippen molar-refractivity contribution in [3.8, 4) is 0 Å². The Kier molecular flexibility index (Phi) is 5.65. The fraction of sp³-hybridized carbons (Fsp3) is 0.526. The monoisotopic (exact) mass is 397 g/mol. The van der Waals surface area contributed by atoms with Gasteiger partial charge in [-0.05, 0) is 31.2 Å². The molecule has 2 heterocycles. The summed E-state index contributed by atoms with van der Waals surface area (Å²) in [5.74, 6) is -0.392. The second-order valence-corrected chi connectivity index (χ2v) is 8.65. The zero-order valence-electron chi connectivity index (χ0n) is 15.5. The lowest BCUT2D eigenvalue weighted by molar-refractivity contribution is -0.145. The van der Waals surface area contributed by atoms with Crippen molar-refractivity contribution < 1.29 is 18.0 Å². The van der Waals surface area contributed by atoms with Gasteiger partial charge in [-0.25, -0.2) is 9.97 Å². The Morgan fingerprint density at radius 2 is 1.81 bits per heavy atom. The van der Waals surface area contributed by atoms with Crippen molar-refractivity contribution in [2.75, 3.05) is 13.1 Å². The van der Waals surface area contributed by atoms with Crippen molar-refractivity contribution in [1.82, 2.24) is 14.9 Å². The molecule has 1 saturated heterocycles. The van der Waals surface area contributed by atoms with Crippen LogP contribution in [0.3, 0.4) is 0 Å². The number of carbonyl (C=O) groups excluding carboxylic acids is 1. The molecule has 0 spiro atoms. The molecule has 3 rings (SSSR count). The molecular weight excluding hydrogens is 375 g/mol. The van der Waals surface area contributed by atoms with Crippen molar-refractivity contribution in [2.24, 2.45) is 11.8 Å². The summed E-state index contributed by atoms with van der Waals surface area (Å²) in [5, 5.41) is 0.185. The normalized spacial score (nSPS) is 22.1. The fourth-order valence-electron chi connectivity index (χ4n) is 3.58. The van der Waals surface area contributed by atoms with Crippen molar-refractivity contribution in [3.63, 3.8) is 0 Å². The Balaban J connectivity index is 1.88. The van der Waals surface area contributed by atoms with Crippen molar-refractivity contribution in [3.05, 3.63) is 30.1 Å². The van der Waals surface area contributed by atoms with Crippen molar-refractivity contribution in [1.29, 1.82) is 0 Å². The van der Waals surface area contributed by atoms with E-state index in [0.29, 0.717) is 30.3 Å². The number of hydrogen-bond donors (Lipinski definition) is 0. The molecule has 1 aromatic carbocycles. The van der Waals surface area contributed by atoms with Gasteiger partial charge < -0.3 is 4.90 Å². The summed E-state index contributed by atoms with van der Waals surface area (Å²) in [5.41, 5.74) is 0.224. The zero-order valence-corrected chi connectivity index (χ0v) is 16.3. The third-order valence-corrected chi connectivity index (χ3v) is 5.73. The number of amides is 1. The predicted octanol–water partition coefficient (Wildman–Crippen LogP) is 4.63. The Labute approximate surface area is 160 Å². The number of hydrogen-bond acceptors (Lipinski definition) is 4. The molecule has 0 radical (unpaired) electrons. The van der Waals surface area contributed by atoms with E-state index in [1.54, 1.807) is 25.1 Å². The number of alkyl halides is 3. The maximum absolute atomic E-state index is 13.2. The first-order valence-electron chi connectivity index (χ1n) is 8.94. The van der Waals surface area contributed by atoms with Gasteiger partial charge in [-0.1, -0.05) is 43.8 Å². The summed E-state index contributed by atoms with van der Waals surface area (Å²) in [6, 6.07) is 6.56. The highest BCUT2D eigenvalue weighted by Gasteiger charge is 2.36. The lowest BCUT2D eigenvalue weighted by Crippen LogP contribution is -2.45. The van der Waals surface area contributed by atoms with Crippen LogP contribution in [0.15, 0.2) is 29.3 Å². The van der Waals surface area contributed by atoms with E-state index in [9.17, 15) is 18.0 Å². The molecule has 1 aromatic heterocycles. The summed E-state index contributed by atoms with van der Waals surface area (Å²) < 4.78 is 39.5. The SMILES string of the molecule is C[C@@H]1C[C@H](C)CN(C(=O)[C@@H](C)Sc2nc(C(F)(F)F)nc3ccccc23)C1. The molecule has 1 fully saturated rings. The number of aromatic nitrogens is 2. The number of nitrogens with zero attached hydrogens (tertiary/aromatic N) is 3. The molecule has 0 N–H and O–H groups in total. The molecule has 1 amide bonds. The van der Waals surface area contributed by atoms with E-state index in [0.717, 1.165) is 18.2 Å². The highest BCUT2D eigenvalue weighted by atomic mass is 32.2. The molecule has 4 nitrogen and oxygen atoms in total. The predicted molar refractivity (Wildman–Crippen MR) is 99.4 cm³/mol. The van der Waals surface area contributed by atoms with Crippen molar-refractivity contribution >= 4 is 28.6 Å². The number of piperidine rings is 1. The molecule has 0 unspecified atom stereocenters. The summed E-state index contributed by atoms with van der Waals surface area (Å²) in [6.45, 7) is 7.32. The van der Waals surface area contributed by atoms with Crippen LogP contribution in [0.1, 0.15) is 33.0 Å². The van der Waals surface area contributed by atoms with E-state index in [-0.39, 0.29) is 16.4 Å². The first-order chi connectivity index (χ1) is 12.6. The van der Waals surface area contributed by atoms with Gasteiger partial charge in [0.15, 0.2) is 0 Å². The van der Waals surface area contributed by atoms with Gasteiger partial charge in [0, 0.05) is 18.5 Å². The molecule has 1 aliphatic heterocycles. The van der Waals surface area contributed by atoms with Gasteiger partial charge in [0.2, 0.25) is 11.7 Å². The van der Waals surface area contributed by atoms with Gasteiger partial charge in [0.1, 0.15) is 5.03 Å². The molecule has 27 heavy (non-hydrogen) atoms. The van der Waals surface area contributed by atoms with Crippen LogP contribution < -0.4 is 0 Å². The van der Waals surface area contributed by atoms with Gasteiger partial charge in [-0.3, -0.25) is 4.79 Å². The number of halogens is 3. The smallest absolute Gasteiger partial charge is 0.341 e. The number of carbonyl (C=O) groups is 1. The second kappa shape index (κ2) is 7.66. The molecule has 0 saturated carbocycles. The summed E-state index contributed by atoms with van der Waals surface area (Å²) >= 11 is 1.07. The van der Waals surface area contributed by atoms with Crippen LogP contribution in [0.4, 0.5) is 13.2 Å². The molecule has 1 aliphatic rings. The zero-order chi connectivity index (χ0) is 19.8. The van der Waals surface area contributed by atoms with E-state index >= 15 is 0 Å². The van der Waals surface area contributed by atoms with Gasteiger partial charge in [-0.15, -0.1) is 0 Å². The minimum atomic E-state index is -4.63. The Bertz CT molecular complexity index is 833. The maximum atomic E-state index is 13.2. The van der Waals surface area contributed by atoms with Crippen LogP contribution in [0, 0.1) is 11.8 Å². The fourth-order valence-corrected chi connectivity index (χ4v) is 4.61. The second-order valence-electron chi connectivity index (χ2n) is 7.32. The van der Waals surface area contributed by atoms with Crippen LogP contribution in [-0.4, -0.2) is 39.1 Å². The average molecular weight is 397 g/mol. The van der Waals surface area contributed by atoms with E-state index in [1.165, 1.54) is 6.07 Å². The summed E-state index contributed by atoms with van der Waals surface area (Å²) in [4.78, 5) is 22.0. The molecule has 2 aromatic rings. The Hall–Kier alpha value is -1.83. The van der Waals surface area contributed by atoms with Crippen LogP contribution in [0.2, 0.25) is 0 Å².